The predicted octanol–water partition coefficient (Wildman–Crippen LogP) is 1.30. The van der Waals surface area contributed by atoms with E-state index in [0.29, 0.717) is 0 Å². The van der Waals surface area contributed by atoms with E-state index in [1.165, 1.54) is 0 Å². The fourth-order valence-corrected chi connectivity index (χ4v) is 1.41. The van der Waals surface area contributed by atoms with Crippen molar-refractivity contribution in [1.29, 1.82) is 0 Å². The molecule has 0 radical (unpaired) electrons. The van der Waals surface area contributed by atoms with E-state index >= 15 is 0 Å². The molecule has 5 heteroatoms. The molecule has 0 saturated heterocycles. The lowest BCUT2D eigenvalue weighted by molar-refractivity contribution is 0.354. The van der Waals surface area contributed by atoms with Crippen molar-refractivity contribution >= 4 is 19.7 Å². The number of halogens is 2. The zero-order valence-corrected chi connectivity index (χ0v) is 6.54. The molecule has 0 rings (SSSR count). The van der Waals surface area contributed by atoms with Crippen LogP contribution in [0.2, 0.25) is 0 Å². The first-order chi connectivity index (χ1) is 3.95. The Bertz CT molecular complexity index is 165. The van der Waals surface area contributed by atoms with Gasteiger partial charge >= 0.3 is 0 Å². The second kappa shape index (κ2) is 3.37. The maximum Gasteiger partial charge on any atom is 0.235 e. The van der Waals surface area contributed by atoms with Crippen LogP contribution in [0.25, 0.3) is 0 Å². The third kappa shape index (κ3) is 6.05. The Morgan fingerprint density at radius 2 is 2.11 bits per heavy atom. The van der Waals surface area contributed by atoms with Crippen LogP contribution in [0.3, 0.4) is 0 Å². The van der Waals surface area contributed by atoms with E-state index in [-0.39, 0.29) is 6.42 Å². The summed E-state index contributed by atoms with van der Waals surface area (Å²) in [6, 6.07) is 0. The van der Waals surface area contributed by atoms with Crippen molar-refractivity contribution in [2.45, 2.75) is 19.5 Å². The van der Waals surface area contributed by atoms with Crippen molar-refractivity contribution in [2.24, 2.45) is 0 Å². The average Bonchev–Trinajstić information content (AvgIpc) is 1.62. The van der Waals surface area contributed by atoms with Crippen LogP contribution in [0.1, 0.15) is 13.3 Å². The van der Waals surface area contributed by atoms with E-state index in [0.717, 1.165) is 0 Å². The van der Waals surface area contributed by atoms with Gasteiger partial charge in [0.25, 0.3) is 0 Å². The van der Waals surface area contributed by atoms with Crippen molar-refractivity contribution in [3.63, 3.8) is 0 Å². The van der Waals surface area contributed by atoms with Crippen molar-refractivity contribution in [3.05, 3.63) is 0 Å². The van der Waals surface area contributed by atoms with Crippen molar-refractivity contribution in [3.8, 4) is 0 Å². The number of hydrogen-bond donors (Lipinski definition) is 0. The fraction of sp³-hybridized carbons (Fsp3) is 1.00. The molecule has 0 saturated carbocycles. The van der Waals surface area contributed by atoms with Gasteiger partial charge in [-0.1, -0.05) is 6.92 Å². The van der Waals surface area contributed by atoms with Crippen LogP contribution in [0.5, 0.6) is 0 Å². The van der Waals surface area contributed by atoms with E-state index in [1.54, 1.807) is 6.92 Å². The third-order valence-corrected chi connectivity index (χ3v) is 1.96. The van der Waals surface area contributed by atoms with Gasteiger partial charge in [-0.25, -0.2) is 12.8 Å². The average molecular weight is 175 g/mol. The van der Waals surface area contributed by atoms with Crippen LogP contribution >= 0.6 is 10.7 Å². The molecule has 0 bridgehead atoms. The van der Waals surface area contributed by atoms with Crippen LogP contribution in [0.15, 0.2) is 0 Å². The maximum atomic E-state index is 12.2. The highest BCUT2D eigenvalue weighted by Crippen LogP contribution is 2.05. The van der Waals surface area contributed by atoms with Crippen LogP contribution in [-0.4, -0.2) is 20.3 Å². The second-order valence-electron chi connectivity index (χ2n) is 1.71. The number of alkyl halides is 1. The summed E-state index contributed by atoms with van der Waals surface area (Å²) in [6.45, 7) is 1.56. The lowest BCUT2D eigenvalue weighted by atomic mass is 10.3. The highest BCUT2D eigenvalue weighted by Gasteiger charge is 2.13. The Hall–Kier alpha value is 0.170. The summed E-state index contributed by atoms with van der Waals surface area (Å²) in [7, 11) is 1.10. The first kappa shape index (κ1) is 9.17. The quantitative estimate of drug-likeness (QED) is 0.605. The minimum absolute atomic E-state index is 0.186. The van der Waals surface area contributed by atoms with Crippen molar-refractivity contribution in [1.82, 2.24) is 0 Å². The largest absolute Gasteiger partial charge is 0.246 e. The second-order valence-corrected chi connectivity index (χ2v) is 4.53. The molecule has 0 aromatic heterocycles. The first-order valence-corrected chi connectivity index (χ1v) is 5.00. The summed E-state index contributed by atoms with van der Waals surface area (Å²) in [5.41, 5.74) is 0. The van der Waals surface area contributed by atoms with Crippen molar-refractivity contribution in [2.75, 3.05) is 5.75 Å². The normalized spacial score (nSPS) is 15.4. The van der Waals surface area contributed by atoms with Gasteiger partial charge in [-0.2, -0.15) is 0 Å². The molecule has 0 aliphatic heterocycles. The molecular weight excluding hydrogens is 167 g/mol. The van der Waals surface area contributed by atoms with E-state index in [1.807, 2.05) is 0 Å². The van der Waals surface area contributed by atoms with Gasteiger partial charge in [-0.15, -0.1) is 0 Å². The summed E-state index contributed by atoms with van der Waals surface area (Å²) in [4.78, 5) is 0. The standard InChI is InChI=1S/C4H8ClFO2S/c1-2-4(6)3-9(5,7)8/h4H,2-3H2,1H3. The van der Waals surface area contributed by atoms with Crippen molar-refractivity contribution < 1.29 is 12.8 Å². The SMILES string of the molecule is CCC(F)CS(=O)(=O)Cl. The molecule has 0 fully saturated rings. The van der Waals surface area contributed by atoms with Gasteiger partial charge in [0, 0.05) is 10.7 Å². The zero-order valence-electron chi connectivity index (χ0n) is 4.97. The van der Waals surface area contributed by atoms with Gasteiger partial charge in [0.05, 0.1) is 5.75 Å². The van der Waals surface area contributed by atoms with Crippen LogP contribution < -0.4 is 0 Å². The van der Waals surface area contributed by atoms with E-state index in [4.69, 9.17) is 10.7 Å². The fourth-order valence-electron chi connectivity index (χ4n) is 0.334. The van der Waals surface area contributed by atoms with Crippen LogP contribution in [0, 0.1) is 0 Å². The van der Waals surface area contributed by atoms with Gasteiger partial charge in [-0.05, 0) is 6.42 Å². The van der Waals surface area contributed by atoms with Crippen LogP contribution in [0.4, 0.5) is 4.39 Å². The highest BCUT2D eigenvalue weighted by atomic mass is 35.7. The molecule has 1 atom stereocenters. The van der Waals surface area contributed by atoms with E-state index in [9.17, 15) is 12.8 Å². The molecule has 0 aromatic carbocycles. The summed E-state index contributed by atoms with van der Waals surface area (Å²) in [5, 5.41) is 0. The Morgan fingerprint density at radius 1 is 1.67 bits per heavy atom. The molecule has 1 unspecified atom stereocenters. The smallest absolute Gasteiger partial charge is 0.235 e. The maximum absolute atomic E-state index is 12.2. The van der Waals surface area contributed by atoms with E-state index in [2.05, 4.69) is 0 Å². The van der Waals surface area contributed by atoms with E-state index < -0.39 is 21.0 Å². The third-order valence-electron chi connectivity index (χ3n) is 0.823. The van der Waals surface area contributed by atoms with Gasteiger partial charge < -0.3 is 0 Å². The Kier molecular flexibility index (Phi) is 3.43. The molecular formula is C4H8ClFO2S. The molecule has 0 aromatic rings. The zero-order chi connectivity index (χ0) is 7.49. The lowest BCUT2D eigenvalue weighted by Crippen LogP contribution is -2.10. The van der Waals surface area contributed by atoms with Gasteiger partial charge in [-0.3, -0.25) is 0 Å². The molecule has 0 amide bonds. The molecule has 56 valence electrons. The first-order valence-electron chi connectivity index (χ1n) is 2.52. The molecule has 0 spiro atoms. The van der Waals surface area contributed by atoms with Gasteiger partial charge in [0.15, 0.2) is 0 Å². The Labute approximate surface area is 58.4 Å². The monoisotopic (exact) mass is 174 g/mol. The predicted molar refractivity (Wildman–Crippen MR) is 34.8 cm³/mol. The summed E-state index contributed by atoms with van der Waals surface area (Å²) < 4.78 is 32.4. The minimum atomic E-state index is -3.64. The summed E-state index contributed by atoms with van der Waals surface area (Å²) in [5.74, 6) is -0.578. The van der Waals surface area contributed by atoms with Gasteiger partial charge in [0.2, 0.25) is 9.05 Å². The number of hydrogen-bond acceptors (Lipinski definition) is 2. The lowest BCUT2D eigenvalue weighted by Gasteiger charge is -1.98. The molecule has 9 heavy (non-hydrogen) atoms. The molecule has 0 aliphatic rings. The minimum Gasteiger partial charge on any atom is -0.246 e. The Balaban J connectivity index is 3.75. The van der Waals surface area contributed by atoms with Gasteiger partial charge in [0.1, 0.15) is 6.17 Å². The molecule has 2 nitrogen and oxygen atoms in total. The summed E-state index contributed by atoms with van der Waals surface area (Å²) >= 11 is 0. The molecule has 0 heterocycles. The highest BCUT2D eigenvalue weighted by molar-refractivity contribution is 8.13. The Morgan fingerprint density at radius 3 is 2.22 bits per heavy atom. The molecule has 0 aliphatic carbocycles. The topological polar surface area (TPSA) is 34.1 Å². The van der Waals surface area contributed by atoms with Crippen LogP contribution in [-0.2, 0) is 9.05 Å². The summed E-state index contributed by atoms with van der Waals surface area (Å²) in [6.07, 6.45) is -1.14. The number of rotatable bonds is 3. The molecule has 0 N–H and O–H groups in total.